The second-order valence-electron chi connectivity index (χ2n) is 8.61. The lowest BCUT2D eigenvalue weighted by Gasteiger charge is -2.25. The lowest BCUT2D eigenvalue weighted by molar-refractivity contribution is -0.119. The highest BCUT2D eigenvalue weighted by Gasteiger charge is 2.23. The highest BCUT2D eigenvalue weighted by atomic mass is 32.2. The lowest BCUT2D eigenvalue weighted by atomic mass is 9.97. The van der Waals surface area contributed by atoms with E-state index in [1.165, 1.54) is 28.7 Å². The third-order valence-electron chi connectivity index (χ3n) is 6.03. The Hall–Kier alpha value is -1.22. The number of morpholine rings is 1. The second-order valence-corrected chi connectivity index (χ2v) is 10.7. The topological polar surface area (TPSA) is 67.4 Å². The van der Waals surface area contributed by atoms with Gasteiger partial charge in [0.1, 0.15) is 15.7 Å². The van der Waals surface area contributed by atoms with Gasteiger partial charge in [-0.15, -0.1) is 11.3 Å². The van der Waals surface area contributed by atoms with E-state index in [-0.39, 0.29) is 11.9 Å². The first-order valence-electron chi connectivity index (χ1n) is 11.0. The number of fused-ring (bicyclic) bond motifs is 3. The molecule has 0 saturated carbocycles. The van der Waals surface area contributed by atoms with Crippen molar-refractivity contribution in [3.05, 3.63) is 16.3 Å². The number of hydrogen-bond donors (Lipinski definition) is 1. The van der Waals surface area contributed by atoms with Crippen LogP contribution in [0, 0.1) is 5.92 Å². The van der Waals surface area contributed by atoms with E-state index in [1.807, 2.05) is 11.3 Å². The van der Waals surface area contributed by atoms with Crippen LogP contribution in [0.1, 0.15) is 49.9 Å². The molecule has 30 heavy (non-hydrogen) atoms. The van der Waals surface area contributed by atoms with Crippen LogP contribution in [0.2, 0.25) is 0 Å². The summed E-state index contributed by atoms with van der Waals surface area (Å²) in [6.07, 6.45) is 4.73. The zero-order valence-electron chi connectivity index (χ0n) is 18.2. The molecule has 164 valence electrons. The predicted molar refractivity (Wildman–Crippen MR) is 123 cm³/mol. The van der Waals surface area contributed by atoms with Gasteiger partial charge in [-0.05, 0) is 44.1 Å². The van der Waals surface area contributed by atoms with Crippen molar-refractivity contribution in [1.29, 1.82) is 0 Å². The molecule has 2 aromatic heterocycles. The van der Waals surface area contributed by atoms with Crippen LogP contribution in [0.3, 0.4) is 0 Å². The van der Waals surface area contributed by atoms with Crippen molar-refractivity contribution >= 4 is 39.2 Å². The maximum absolute atomic E-state index is 12.5. The van der Waals surface area contributed by atoms with Crippen molar-refractivity contribution in [2.75, 3.05) is 32.1 Å². The minimum absolute atomic E-state index is 0.0757. The summed E-state index contributed by atoms with van der Waals surface area (Å²) in [7, 11) is 0. The van der Waals surface area contributed by atoms with E-state index in [2.05, 4.69) is 31.0 Å². The molecule has 1 saturated heterocycles. The third kappa shape index (κ3) is 5.15. The van der Waals surface area contributed by atoms with Crippen LogP contribution in [0.25, 0.3) is 10.2 Å². The number of nitrogens with zero attached hydrogens (tertiary/aromatic N) is 3. The number of aryl methyl sites for hydroxylation is 2. The van der Waals surface area contributed by atoms with E-state index >= 15 is 0 Å². The van der Waals surface area contributed by atoms with E-state index in [0.29, 0.717) is 11.7 Å². The van der Waals surface area contributed by atoms with Gasteiger partial charge in [0.25, 0.3) is 0 Å². The summed E-state index contributed by atoms with van der Waals surface area (Å²) in [4.78, 5) is 27.3. The molecule has 1 aliphatic carbocycles. The van der Waals surface area contributed by atoms with Crippen molar-refractivity contribution in [2.24, 2.45) is 5.92 Å². The molecule has 2 aliphatic rings. The molecular formula is C22H32N4O2S2. The monoisotopic (exact) mass is 448 g/mol. The fourth-order valence-electron chi connectivity index (χ4n) is 3.90. The molecule has 1 aliphatic heterocycles. The Bertz CT molecular complexity index is 893. The molecule has 1 fully saturated rings. The van der Waals surface area contributed by atoms with E-state index in [4.69, 9.17) is 14.7 Å². The minimum atomic E-state index is 0.0757. The van der Waals surface area contributed by atoms with Gasteiger partial charge < -0.3 is 10.1 Å². The van der Waals surface area contributed by atoms with Crippen LogP contribution >= 0.6 is 23.1 Å². The minimum Gasteiger partial charge on any atom is -0.379 e. The maximum Gasteiger partial charge on any atom is 0.230 e. The van der Waals surface area contributed by atoms with Crippen LogP contribution < -0.4 is 5.32 Å². The number of thioether (sulfide) groups is 1. The van der Waals surface area contributed by atoms with Gasteiger partial charge in [-0.3, -0.25) is 9.69 Å². The molecule has 0 unspecified atom stereocenters. The zero-order valence-corrected chi connectivity index (χ0v) is 19.8. The number of carbonyl (C=O) groups is 1. The number of ether oxygens (including phenoxy) is 1. The van der Waals surface area contributed by atoms with Gasteiger partial charge in [0.05, 0.1) is 25.5 Å². The molecular weight excluding hydrogens is 416 g/mol. The standard InChI is InChI=1S/C22H32N4O2S2/c1-14(2)15(3)23-19(27)13-29-21-20-16-6-4-5-7-17(16)30-22(20)25-18(24-21)12-26-8-10-28-11-9-26/h14-15H,4-13H2,1-3H3,(H,23,27)/t15-/m1/s1. The van der Waals surface area contributed by atoms with Gasteiger partial charge >= 0.3 is 0 Å². The molecule has 8 heteroatoms. The van der Waals surface area contributed by atoms with Gasteiger partial charge in [0.2, 0.25) is 5.91 Å². The SMILES string of the molecule is CC(C)[C@@H](C)NC(=O)CSc1nc(CN2CCOCC2)nc2sc3c(c12)CCCC3. The van der Waals surface area contributed by atoms with Crippen molar-refractivity contribution < 1.29 is 9.53 Å². The van der Waals surface area contributed by atoms with Crippen LogP contribution in [-0.4, -0.2) is 58.9 Å². The number of nitrogens with one attached hydrogen (secondary N) is 1. The summed E-state index contributed by atoms with van der Waals surface area (Å²) >= 11 is 3.40. The molecule has 0 aromatic carbocycles. The number of amides is 1. The Labute approximate surface area is 187 Å². The highest BCUT2D eigenvalue weighted by Crippen LogP contribution is 2.39. The van der Waals surface area contributed by atoms with Crippen molar-refractivity contribution in [3.8, 4) is 0 Å². The van der Waals surface area contributed by atoms with Crippen LogP contribution in [0.5, 0.6) is 0 Å². The summed E-state index contributed by atoms with van der Waals surface area (Å²) < 4.78 is 5.47. The third-order valence-corrected chi connectivity index (χ3v) is 8.19. The molecule has 0 spiro atoms. The maximum atomic E-state index is 12.5. The molecule has 0 bridgehead atoms. The molecule has 3 heterocycles. The van der Waals surface area contributed by atoms with E-state index in [0.717, 1.165) is 61.4 Å². The number of hydrogen-bond acceptors (Lipinski definition) is 7. The molecule has 1 amide bonds. The van der Waals surface area contributed by atoms with Crippen molar-refractivity contribution in [3.63, 3.8) is 0 Å². The first-order chi connectivity index (χ1) is 14.5. The molecule has 1 N–H and O–H groups in total. The van der Waals surface area contributed by atoms with Gasteiger partial charge in [-0.25, -0.2) is 9.97 Å². The first kappa shape index (κ1) is 22.0. The largest absolute Gasteiger partial charge is 0.379 e. The quantitative estimate of drug-likeness (QED) is 0.515. The molecule has 4 rings (SSSR count). The Kier molecular flexibility index (Phi) is 7.28. The summed E-state index contributed by atoms with van der Waals surface area (Å²) in [6.45, 7) is 10.4. The summed E-state index contributed by atoms with van der Waals surface area (Å²) in [5, 5.41) is 5.30. The molecule has 1 atom stereocenters. The Morgan fingerprint density at radius 2 is 1.97 bits per heavy atom. The average Bonchev–Trinajstić information content (AvgIpc) is 3.11. The lowest BCUT2D eigenvalue weighted by Crippen LogP contribution is -2.37. The normalized spacial score (nSPS) is 18.5. The summed E-state index contributed by atoms with van der Waals surface area (Å²) in [5.41, 5.74) is 1.43. The average molecular weight is 449 g/mol. The van der Waals surface area contributed by atoms with Crippen molar-refractivity contribution in [2.45, 2.75) is 64.1 Å². The number of carbonyl (C=O) groups excluding carboxylic acids is 1. The van der Waals surface area contributed by atoms with Crippen LogP contribution in [0.15, 0.2) is 5.03 Å². The zero-order chi connectivity index (χ0) is 21.1. The summed E-state index contributed by atoms with van der Waals surface area (Å²) in [5.74, 6) is 1.76. The Morgan fingerprint density at radius 3 is 2.73 bits per heavy atom. The molecule has 0 radical (unpaired) electrons. The molecule has 6 nitrogen and oxygen atoms in total. The number of thiophene rings is 1. The molecule has 2 aromatic rings. The van der Waals surface area contributed by atoms with Crippen molar-refractivity contribution in [1.82, 2.24) is 20.2 Å². The summed E-state index contributed by atoms with van der Waals surface area (Å²) in [6, 6.07) is 0.175. The highest BCUT2D eigenvalue weighted by molar-refractivity contribution is 8.00. The Balaban J connectivity index is 1.58. The number of aromatic nitrogens is 2. The predicted octanol–water partition coefficient (Wildman–Crippen LogP) is 3.66. The number of rotatable bonds is 7. The van der Waals surface area contributed by atoms with Gasteiger partial charge in [0, 0.05) is 29.4 Å². The van der Waals surface area contributed by atoms with Gasteiger partial charge in [-0.2, -0.15) is 0 Å². The van der Waals surface area contributed by atoms with E-state index in [9.17, 15) is 4.79 Å². The van der Waals surface area contributed by atoms with E-state index < -0.39 is 0 Å². The Morgan fingerprint density at radius 1 is 1.20 bits per heavy atom. The van der Waals surface area contributed by atoms with Crippen LogP contribution in [0.4, 0.5) is 0 Å². The van der Waals surface area contributed by atoms with Gasteiger partial charge in [0.15, 0.2) is 0 Å². The van der Waals surface area contributed by atoms with E-state index in [1.54, 1.807) is 11.8 Å². The fraction of sp³-hybridized carbons (Fsp3) is 0.682. The van der Waals surface area contributed by atoms with Crippen LogP contribution in [-0.2, 0) is 28.9 Å². The first-order valence-corrected chi connectivity index (χ1v) is 12.8. The fourth-order valence-corrected chi connectivity index (χ4v) is 6.13. The van der Waals surface area contributed by atoms with Gasteiger partial charge in [-0.1, -0.05) is 25.6 Å². The second kappa shape index (κ2) is 9.94. The smallest absolute Gasteiger partial charge is 0.230 e.